The van der Waals surface area contributed by atoms with Crippen LogP contribution in [0, 0.1) is 21.8 Å². The lowest BCUT2D eigenvalue weighted by molar-refractivity contribution is -0.385. The smallest absolute Gasteiger partial charge is 0.270 e. The predicted molar refractivity (Wildman–Crippen MR) is 96.5 cm³/mol. The molecule has 0 radical (unpaired) electrons. The summed E-state index contributed by atoms with van der Waals surface area (Å²) in [6.07, 6.45) is 1.48. The summed E-state index contributed by atoms with van der Waals surface area (Å²) in [5.41, 5.74) is -0.260. The van der Waals surface area contributed by atoms with Crippen molar-refractivity contribution in [2.24, 2.45) is 5.92 Å². The van der Waals surface area contributed by atoms with Crippen LogP contribution in [0.1, 0.15) is 12.8 Å². The molecule has 1 aliphatic rings. The van der Waals surface area contributed by atoms with Crippen molar-refractivity contribution < 1.29 is 22.5 Å². The Labute approximate surface area is 156 Å². The van der Waals surface area contributed by atoms with Crippen LogP contribution in [0.2, 0.25) is 0 Å². The van der Waals surface area contributed by atoms with Gasteiger partial charge in [-0.1, -0.05) is 6.07 Å². The van der Waals surface area contributed by atoms with Gasteiger partial charge >= 0.3 is 0 Å². The highest BCUT2D eigenvalue weighted by Gasteiger charge is 2.31. The van der Waals surface area contributed by atoms with Gasteiger partial charge in [-0.05, 0) is 43.2 Å². The first-order valence-corrected chi connectivity index (χ1v) is 9.93. The molecule has 1 heterocycles. The number of ether oxygens (including phenoxy) is 1. The van der Waals surface area contributed by atoms with Gasteiger partial charge in [0.2, 0.25) is 10.0 Å². The van der Waals surface area contributed by atoms with E-state index in [2.05, 4.69) is 0 Å². The van der Waals surface area contributed by atoms with E-state index in [1.165, 1.54) is 46.8 Å². The molecule has 0 amide bonds. The van der Waals surface area contributed by atoms with Crippen molar-refractivity contribution in [2.45, 2.75) is 17.7 Å². The number of nitrogens with zero attached hydrogens (tertiary/aromatic N) is 2. The SMILES string of the molecule is O=[N+]([O-])c1cccc(S(=O)(=O)N2CCCC(COc3ccc(F)cc3)C2)c1. The second kappa shape index (κ2) is 8.01. The molecule has 2 aromatic rings. The number of hydrogen-bond donors (Lipinski definition) is 0. The summed E-state index contributed by atoms with van der Waals surface area (Å²) in [6.45, 7) is 0.941. The van der Waals surface area contributed by atoms with Crippen LogP contribution >= 0.6 is 0 Å². The summed E-state index contributed by atoms with van der Waals surface area (Å²) in [6, 6.07) is 10.7. The number of piperidine rings is 1. The van der Waals surface area contributed by atoms with E-state index in [4.69, 9.17) is 4.74 Å². The van der Waals surface area contributed by atoms with Gasteiger partial charge in [0.15, 0.2) is 0 Å². The van der Waals surface area contributed by atoms with Crippen LogP contribution in [0.15, 0.2) is 53.4 Å². The minimum absolute atomic E-state index is 0.0164. The second-order valence-electron chi connectivity index (χ2n) is 6.39. The van der Waals surface area contributed by atoms with E-state index >= 15 is 0 Å². The minimum atomic E-state index is -3.82. The number of sulfonamides is 1. The van der Waals surface area contributed by atoms with Crippen molar-refractivity contribution in [3.8, 4) is 5.75 Å². The quantitative estimate of drug-likeness (QED) is 0.554. The number of benzene rings is 2. The van der Waals surface area contributed by atoms with Crippen LogP contribution in [-0.4, -0.2) is 37.3 Å². The molecule has 0 aliphatic carbocycles. The van der Waals surface area contributed by atoms with E-state index in [1.807, 2.05) is 0 Å². The Balaban J connectivity index is 1.68. The van der Waals surface area contributed by atoms with E-state index in [0.29, 0.717) is 25.3 Å². The van der Waals surface area contributed by atoms with Crippen LogP contribution in [0.25, 0.3) is 0 Å². The third-order valence-electron chi connectivity index (χ3n) is 4.45. The molecule has 2 aromatic carbocycles. The lowest BCUT2D eigenvalue weighted by Crippen LogP contribution is -2.41. The summed E-state index contributed by atoms with van der Waals surface area (Å²) in [5, 5.41) is 10.9. The maximum absolute atomic E-state index is 12.9. The van der Waals surface area contributed by atoms with Crippen LogP contribution in [0.4, 0.5) is 10.1 Å². The fourth-order valence-corrected chi connectivity index (χ4v) is 4.63. The van der Waals surface area contributed by atoms with Crippen molar-refractivity contribution in [1.82, 2.24) is 4.31 Å². The average molecular weight is 394 g/mol. The molecule has 9 heteroatoms. The number of nitro benzene ring substituents is 1. The molecule has 1 fully saturated rings. The minimum Gasteiger partial charge on any atom is -0.493 e. The fraction of sp³-hybridized carbons (Fsp3) is 0.333. The Morgan fingerprint density at radius 1 is 1.22 bits per heavy atom. The van der Waals surface area contributed by atoms with Crippen molar-refractivity contribution in [3.05, 3.63) is 64.5 Å². The Morgan fingerprint density at radius 2 is 1.96 bits per heavy atom. The van der Waals surface area contributed by atoms with E-state index in [9.17, 15) is 22.9 Å². The molecule has 1 unspecified atom stereocenters. The number of hydrogen-bond acceptors (Lipinski definition) is 5. The van der Waals surface area contributed by atoms with Gasteiger partial charge in [-0.2, -0.15) is 4.31 Å². The largest absolute Gasteiger partial charge is 0.493 e. The van der Waals surface area contributed by atoms with Crippen LogP contribution in [-0.2, 0) is 10.0 Å². The van der Waals surface area contributed by atoms with Gasteiger partial charge in [-0.3, -0.25) is 10.1 Å². The zero-order valence-corrected chi connectivity index (χ0v) is 15.3. The molecule has 3 rings (SSSR count). The van der Waals surface area contributed by atoms with Gasteiger partial charge in [-0.15, -0.1) is 0 Å². The first-order chi connectivity index (χ1) is 12.9. The molecule has 27 heavy (non-hydrogen) atoms. The monoisotopic (exact) mass is 394 g/mol. The predicted octanol–water partition coefficient (Wildman–Crippen LogP) is 3.21. The van der Waals surface area contributed by atoms with Crippen LogP contribution in [0.5, 0.6) is 5.75 Å². The average Bonchev–Trinajstić information content (AvgIpc) is 2.68. The highest BCUT2D eigenvalue weighted by Crippen LogP contribution is 2.26. The number of rotatable bonds is 6. The highest BCUT2D eigenvalue weighted by atomic mass is 32.2. The standard InChI is InChI=1S/C18H19FN2O5S/c19-15-6-8-17(9-7-15)26-13-14-3-2-10-20(12-14)27(24,25)18-5-1-4-16(11-18)21(22)23/h1,4-9,11,14H,2-3,10,12-13H2. The molecule has 0 saturated carbocycles. The molecule has 7 nitrogen and oxygen atoms in total. The molecule has 0 bridgehead atoms. The Bertz CT molecular complexity index is 918. The molecule has 0 aromatic heterocycles. The van der Waals surface area contributed by atoms with Gasteiger partial charge in [0, 0.05) is 31.1 Å². The fourth-order valence-electron chi connectivity index (χ4n) is 3.03. The second-order valence-corrected chi connectivity index (χ2v) is 8.33. The molecule has 1 atom stereocenters. The Hall–Kier alpha value is -2.52. The van der Waals surface area contributed by atoms with E-state index in [1.54, 1.807) is 0 Å². The van der Waals surface area contributed by atoms with Crippen molar-refractivity contribution >= 4 is 15.7 Å². The first-order valence-electron chi connectivity index (χ1n) is 8.49. The third-order valence-corrected chi connectivity index (χ3v) is 6.31. The number of nitro groups is 1. The van der Waals surface area contributed by atoms with Gasteiger partial charge in [0.1, 0.15) is 11.6 Å². The zero-order chi connectivity index (χ0) is 19.4. The Kier molecular flexibility index (Phi) is 5.71. The lowest BCUT2D eigenvalue weighted by Gasteiger charge is -2.31. The first kappa shape index (κ1) is 19.2. The topological polar surface area (TPSA) is 89.8 Å². The summed E-state index contributed by atoms with van der Waals surface area (Å²) in [5.74, 6) is 0.154. The molecule has 1 saturated heterocycles. The van der Waals surface area contributed by atoms with E-state index < -0.39 is 14.9 Å². The molecular formula is C18H19FN2O5S. The normalized spacial score (nSPS) is 18.2. The Morgan fingerprint density at radius 3 is 2.67 bits per heavy atom. The summed E-state index contributed by atoms with van der Waals surface area (Å²) in [4.78, 5) is 10.2. The lowest BCUT2D eigenvalue weighted by atomic mass is 10.0. The number of halogens is 1. The van der Waals surface area contributed by atoms with Gasteiger partial charge < -0.3 is 4.74 Å². The van der Waals surface area contributed by atoms with Gasteiger partial charge in [0.05, 0.1) is 16.4 Å². The zero-order valence-electron chi connectivity index (χ0n) is 14.5. The highest BCUT2D eigenvalue weighted by molar-refractivity contribution is 7.89. The summed E-state index contributed by atoms with van der Waals surface area (Å²) < 4.78 is 45.6. The third kappa shape index (κ3) is 4.61. The van der Waals surface area contributed by atoms with Crippen LogP contribution < -0.4 is 4.74 Å². The maximum Gasteiger partial charge on any atom is 0.270 e. The molecular weight excluding hydrogens is 375 g/mol. The summed E-state index contributed by atoms with van der Waals surface area (Å²) >= 11 is 0. The van der Waals surface area contributed by atoms with E-state index in [0.717, 1.165) is 12.5 Å². The maximum atomic E-state index is 12.9. The molecule has 1 aliphatic heterocycles. The van der Waals surface area contributed by atoms with Gasteiger partial charge in [-0.25, -0.2) is 12.8 Å². The van der Waals surface area contributed by atoms with Crippen LogP contribution in [0.3, 0.4) is 0 Å². The molecule has 144 valence electrons. The van der Waals surface area contributed by atoms with Gasteiger partial charge in [0.25, 0.3) is 5.69 Å². The molecule has 0 N–H and O–H groups in total. The van der Waals surface area contributed by atoms with Crippen molar-refractivity contribution in [1.29, 1.82) is 0 Å². The van der Waals surface area contributed by atoms with Crippen molar-refractivity contribution in [2.75, 3.05) is 19.7 Å². The number of non-ortho nitro benzene ring substituents is 1. The van der Waals surface area contributed by atoms with Crippen molar-refractivity contribution in [3.63, 3.8) is 0 Å². The molecule has 0 spiro atoms. The van der Waals surface area contributed by atoms with E-state index in [-0.39, 0.29) is 28.9 Å². The summed E-state index contributed by atoms with van der Waals surface area (Å²) in [7, 11) is -3.82.